The minimum Gasteiger partial charge on any atom is -0.416 e. The third kappa shape index (κ3) is 5.75. The summed E-state index contributed by atoms with van der Waals surface area (Å²) in [4.78, 5) is 24.5. The van der Waals surface area contributed by atoms with Gasteiger partial charge in [0.25, 0.3) is 5.91 Å². The molecule has 7 nitrogen and oxygen atoms in total. The van der Waals surface area contributed by atoms with E-state index in [1.165, 1.54) is 0 Å². The number of aryl methyl sites for hydroxylation is 1. The van der Waals surface area contributed by atoms with Gasteiger partial charge in [-0.25, -0.2) is 0 Å². The molecule has 2 amide bonds. The zero-order valence-corrected chi connectivity index (χ0v) is 19.3. The van der Waals surface area contributed by atoms with Crippen molar-refractivity contribution in [3.63, 3.8) is 0 Å². The minimum atomic E-state index is -0.242. The predicted octanol–water partition coefficient (Wildman–Crippen LogP) is 5.95. The number of nitrogens with zero attached hydrogens (tertiary/aromatic N) is 2. The van der Waals surface area contributed by atoms with Crippen LogP contribution >= 0.6 is 0 Å². The van der Waals surface area contributed by atoms with Gasteiger partial charge in [-0.15, -0.1) is 10.2 Å². The number of hydrogen-bond donors (Lipinski definition) is 2. The molecule has 1 aromatic heterocycles. The van der Waals surface area contributed by atoms with Crippen LogP contribution in [0.2, 0.25) is 0 Å². The molecule has 7 heteroatoms. The summed E-state index contributed by atoms with van der Waals surface area (Å²) in [6, 6.07) is 21.8. The highest BCUT2D eigenvalue weighted by molar-refractivity contribution is 6.04. The van der Waals surface area contributed by atoms with Crippen LogP contribution in [0.25, 0.3) is 22.9 Å². The Morgan fingerprint density at radius 1 is 0.824 bits per heavy atom. The quantitative estimate of drug-likeness (QED) is 0.360. The second kappa shape index (κ2) is 10.1. The van der Waals surface area contributed by atoms with Gasteiger partial charge in [0, 0.05) is 34.5 Å². The molecule has 4 rings (SSSR count). The minimum absolute atomic E-state index is 0.0286. The molecule has 0 unspecified atom stereocenters. The van der Waals surface area contributed by atoms with Crippen LogP contribution in [0.1, 0.15) is 36.2 Å². The van der Waals surface area contributed by atoms with Gasteiger partial charge in [0.2, 0.25) is 17.7 Å². The molecule has 0 spiro atoms. The standard InChI is InChI=1S/C27H26N4O3/c1-17(2)15-24(32)28-22-11-13-23(14-12-22)29-25(33)19-7-9-20(10-8-19)26-30-31-27(34-26)21-6-4-5-18(3)16-21/h4-14,16-17H,15H2,1-3H3,(H,28,32)(H,29,33). The highest BCUT2D eigenvalue weighted by atomic mass is 16.4. The maximum absolute atomic E-state index is 12.6. The van der Waals surface area contributed by atoms with Gasteiger partial charge in [0.05, 0.1) is 0 Å². The Kier molecular flexibility index (Phi) is 6.82. The average molecular weight is 455 g/mol. The van der Waals surface area contributed by atoms with E-state index in [4.69, 9.17) is 4.42 Å². The van der Waals surface area contributed by atoms with E-state index in [2.05, 4.69) is 20.8 Å². The molecule has 0 atom stereocenters. The van der Waals surface area contributed by atoms with Crippen LogP contribution in [0.3, 0.4) is 0 Å². The second-order valence-corrected chi connectivity index (χ2v) is 8.54. The summed E-state index contributed by atoms with van der Waals surface area (Å²) < 4.78 is 5.81. The Morgan fingerprint density at radius 3 is 2.06 bits per heavy atom. The van der Waals surface area contributed by atoms with Gasteiger partial charge in [0.15, 0.2) is 0 Å². The molecule has 0 saturated heterocycles. The predicted molar refractivity (Wildman–Crippen MR) is 132 cm³/mol. The van der Waals surface area contributed by atoms with E-state index in [1.54, 1.807) is 48.5 Å². The van der Waals surface area contributed by atoms with Crippen LogP contribution in [0, 0.1) is 12.8 Å². The van der Waals surface area contributed by atoms with Crippen molar-refractivity contribution >= 4 is 23.2 Å². The van der Waals surface area contributed by atoms with Crippen molar-refractivity contribution in [3.05, 3.63) is 83.9 Å². The van der Waals surface area contributed by atoms with Gasteiger partial charge in [-0.05, 0) is 73.5 Å². The maximum atomic E-state index is 12.6. The highest BCUT2D eigenvalue weighted by Crippen LogP contribution is 2.25. The number of aromatic nitrogens is 2. The Hall–Kier alpha value is -4.26. The highest BCUT2D eigenvalue weighted by Gasteiger charge is 2.12. The third-order valence-corrected chi connectivity index (χ3v) is 5.10. The van der Waals surface area contributed by atoms with Crippen LogP contribution in [-0.2, 0) is 4.79 Å². The fourth-order valence-corrected chi connectivity index (χ4v) is 3.42. The number of benzene rings is 3. The van der Waals surface area contributed by atoms with Crippen molar-refractivity contribution in [2.75, 3.05) is 10.6 Å². The molecule has 0 aliphatic carbocycles. The molecule has 0 aliphatic rings. The van der Waals surface area contributed by atoms with Crippen molar-refractivity contribution in [1.82, 2.24) is 10.2 Å². The zero-order chi connectivity index (χ0) is 24.1. The number of carbonyl (C=O) groups is 2. The number of anilines is 2. The monoisotopic (exact) mass is 454 g/mol. The lowest BCUT2D eigenvalue weighted by molar-refractivity contribution is -0.116. The zero-order valence-electron chi connectivity index (χ0n) is 19.3. The van der Waals surface area contributed by atoms with E-state index in [0.717, 1.165) is 16.7 Å². The van der Waals surface area contributed by atoms with E-state index in [9.17, 15) is 9.59 Å². The maximum Gasteiger partial charge on any atom is 0.255 e. The molecule has 1 heterocycles. The van der Waals surface area contributed by atoms with Gasteiger partial charge in [-0.3, -0.25) is 9.59 Å². The van der Waals surface area contributed by atoms with E-state index in [0.29, 0.717) is 41.1 Å². The third-order valence-electron chi connectivity index (χ3n) is 5.10. The Labute approximate surface area is 198 Å². The molecule has 0 saturated carbocycles. The molecular formula is C27H26N4O3. The summed E-state index contributed by atoms with van der Waals surface area (Å²) in [7, 11) is 0. The fraction of sp³-hybridized carbons (Fsp3) is 0.185. The number of carbonyl (C=O) groups excluding carboxylic acids is 2. The van der Waals surface area contributed by atoms with Crippen molar-refractivity contribution in [3.8, 4) is 22.9 Å². The summed E-state index contributed by atoms with van der Waals surface area (Å²) in [5, 5.41) is 14.0. The summed E-state index contributed by atoms with van der Waals surface area (Å²) >= 11 is 0. The molecule has 0 bridgehead atoms. The van der Waals surface area contributed by atoms with E-state index in [1.807, 2.05) is 45.0 Å². The molecule has 172 valence electrons. The van der Waals surface area contributed by atoms with Gasteiger partial charge >= 0.3 is 0 Å². The molecule has 0 aliphatic heterocycles. The first kappa shape index (κ1) is 22.9. The Morgan fingerprint density at radius 2 is 1.44 bits per heavy atom. The second-order valence-electron chi connectivity index (χ2n) is 8.54. The number of nitrogens with one attached hydrogen (secondary N) is 2. The topological polar surface area (TPSA) is 97.1 Å². The van der Waals surface area contributed by atoms with Crippen LogP contribution in [0.15, 0.2) is 77.2 Å². The molecule has 4 aromatic rings. The molecule has 34 heavy (non-hydrogen) atoms. The van der Waals surface area contributed by atoms with Crippen molar-refractivity contribution in [2.45, 2.75) is 27.2 Å². The van der Waals surface area contributed by atoms with E-state index in [-0.39, 0.29) is 11.8 Å². The average Bonchev–Trinajstić information content (AvgIpc) is 3.30. The first-order chi connectivity index (χ1) is 16.4. The normalized spacial score (nSPS) is 10.8. The molecular weight excluding hydrogens is 428 g/mol. The molecule has 2 N–H and O–H groups in total. The lowest BCUT2D eigenvalue weighted by Crippen LogP contribution is -2.14. The van der Waals surface area contributed by atoms with Crippen molar-refractivity contribution < 1.29 is 14.0 Å². The van der Waals surface area contributed by atoms with Crippen molar-refractivity contribution in [2.24, 2.45) is 5.92 Å². The Bertz CT molecular complexity index is 1290. The lowest BCUT2D eigenvalue weighted by atomic mass is 10.1. The van der Waals surface area contributed by atoms with Gasteiger partial charge < -0.3 is 15.1 Å². The number of rotatable bonds is 7. The molecule has 0 radical (unpaired) electrons. The van der Waals surface area contributed by atoms with E-state index < -0.39 is 0 Å². The van der Waals surface area contributed by atoms with Gasteiger partial charge in [-0.2, -0.15) is 0 Å². The largest absolute Gasteiger partial charge is 0.416 e. The van der Waals surface area contributed by atoms with Crippen molar-refractivity contribution in [1.29, 1.82) is 0 Å². The number of amides is 2. The SMILES string of the molecule is Cc1cccc(-c2nnc(-c3ccc(C(=O)Nc4ccc(NC(=O)CC(C)C)cc4)cc3)o2)c1. The van der Waals surface area contributed by atoms with E-state index >= 15 is 0 Å². The van der Waals surface area contributed by atoms with Gasteiger partial charge in [0.1, 0.15) is 0 Å². The van der Waals surface area contributed by atoms with Crippen LogP contribution in [-0.4, -0.2) is 22.0 Å². The lowest BCUT2D eigenvalue weighted by Gasteiger charge is -2.09. The molecule has 0 fully saturated rings. The van der Waals surface area contributed by atoms with Crippen LogP contribution < -0.4 is 10.6 Å². The molecule has 3 aromatic carbocycles. The fourth-order valence-electron chi connectivity index (χ4n) is 3.42. The van der Waals surface area contributed by atoms with Crippen LogP contribution in [0.4, 0.5) is 11.4 Å². The van der Waals surface area contributed by atoms with Gasteiger partial charge in [-0.1, -0.05) is 31.5 Å². The summed E-state index contributed by atoms with van der Waals surface area (Å²) in [5.41, 5.74) is 4.52. The first-order valence-corrected chi connectivity index (χ1v) is 11.1. The van der Waals surface area contributed by atoms with Crippen LogP contribution in [0.5, 0.6) is 0 Å². The summed E-state index contributed by atoms with van der Waals surface area (Å²) in [6.45, 7) is 6.00. The first-order valence-electron chi connectivity index (χ1n) is 11.1. The smallest absolute Gasteiger partial charge is 0.255 e. The summed E-state index contributed by atoms with van der Waals surface area (Å²) in [5.74, 6) is 0.858. The Balaban J connectivity index is 1.38. The number of hydrogen-bond acceptors (Lipinski definition) is 5. The summed E-state index contributed by atoms with van der Waals surface area (Å²) in [6.07, 6.45) is 0.464.